The Labute approximate surface area is 111 Å². The number of nitrogens with zero attached hydrogens (tertiary/aromatic N) is 2. The molecular weight excluding hydrogens is 236 g/mol. The molecule has 0 atom stereocenters. The lowest BCUT2D eigenvalue weighted by Crippen LogP contribution is -2.04. The summed E-state index contributed by atoms with van der Waals surface area (Å²) in [5, 5.41) is 3.34. The summed E-state index contributed by atoms with van der Waals surface area (Å²) in [5.41, 5.74) is 10.3. The van der Waals surface area contributed by atoms with Crippen molar-refractivity contribution in [2.24, 2.45) is 0 Å². The van der Waals surface area contributed by atoms with Gasteiger partial charge in [-0.1, -0.05) is 30.3 Å². The number of hydrogen-bond donors (Lipinski definition) is 2. The molecule has 1 aromatic carbocycles. The minimum absolute atomic E-state index is 0.613. The number of pyridine rings is 2. The molecule has 3 aromatic rings. The average molecular weight is 250 g/mol. The maximum atomic E-state index is 5.99. The normalized spacial score (nSPS) is 10.5. The molecule has 4 nitrogen and oxygen atoms in total. The Morgan fingerprint density at radius 2 is 1.84 bits per heavy atom. The van der Waals surface area contributed by atoms with Crippen molar-refractivity contribution < 1.29 is 0 Å². The van der Waals surface area contributed by atoms with E-state index < -0.39 is 0 Å². The fraction of sp³-hybridized carbons (Fsp3) is 0.0667. The van der Waals surface area contributed by atoms with Crippen LogP contribution in [0, 0.1) is 0 Å². The zero-order chi connectivity index (χ0) is 13.1. The summed E-state index contributed by atoms with van der Waals surface area (Å²) in [7, 11) is 0. The Balaban J connectivity index is 1.94. The topological polar surface area (TPSA) is 63.8 Å². The van der Waals surface area contributed by atoms with Gasteiger partial charge in [0.1, 0.15) is 5.52 Å². The largest absolute Gasteiger partial charge is 0.396 e. The number of nitrogen functional groups attached to an aromatic ring is 1. The maximum absolute atomic E-state index is 5.99. The average Bonchev–Trinajstić information content (AvgIpc) is 2.47. The second-order valence-corrected chi connectivity index (χ2v) is 4.30. The predicted molar refractivity (Wildman–Crippen MR) is 77.7 cm³/mol. The van der Waals surface area contributed by atoms with Crippen LogP contribution in [0.25, 0.3) is 11.0 Å². The molecule has 0 bridgehead atoms. The van der Waals surface area contributed by atoms with Gasteiger partial charge in [-0.05, 0) is 17.7 Å². The Morgan fingerprint density at radius 1 is 1.00 bits per heavy atom. The second kappa shape index (κ2) is 4.94. The van der Waals surface area contributed by atoms with Gasteiger partial charge in [0.15, 0.2) is 0 Å². The Kier molecular flexibility index (Phi) is 2.98. The van der Waals surface area contributed by atoms with E-state index in [1.165, 1.54) is 5.56 Å². The highest BCUT2D eigenvalue weighted by molar-refractivity contribution is 5.93. The van der Waals surface area contributed by atoms with E-state index in [2.05, 4.69) is 27.4 Å². The van der Waals surface area contributed by atoms with Crippen molar-refractivity contribution in [1.82, 2.24) is 9.97 Å². The van der Waals surface area contributed by atoms with Crippen molar-refractivity contribution in [3.05, 3.63) is 60.4 Å². The molecule has 0 fully saturated rings. The molecule has 0 saturated heterocycles. The maximum Gasteiger partial charge on any atom is 0.114 e. The Bertz CT molecular complexity index is 695. The number of nitrogens with two attached hydrogens (primary N) is 1. The van der Waals surface area contributed by atoms with Gasteiger partial charge in [0, 0.05) is 12.7 Å². The number of rotatable bonds is 3. The van der Waals surface area contributed by atoms with Crippen molar-refractivity contribution >= 4 is 22.4 Å². The predicted octanol–water partition coefficient (Wildman–Crippen LogP) is 2.82. The third-order valence-corrected chi connectivity index (χ3v) is 2.97. The van der Waals surface area contributed by atoms with Crippen LogP contribution in [0.5, 0.6) is 0 Å². The fourth-order valence-corrected chi connectivity index (χ4v) is 2.01. The lowest BCUT2D eigenvalue weighted by Gasteiger charge is -2.11. The van der Waals surface area contributed by atoms with Crippen LogP contribution < -0.4 is 11.1 Å². The first-order chi connectivity index (χ1) is 9.34. The SMILES string of the molecule is Nc1cnc2cccnc2c1NCc1ccccc1. The van der Waals surface area contributed by atoms with Crippen molar-refractivity contribution in [2.75, 3.05) is 11.1 Å². The monoisotopic (exact) mass is 250 g/mol. The standard InChI is InChI=1S/C15H14N4/c16-12-10-18-13-7-4-8-17-15(13)14(12)19-9-11-5-2-1-3-6-11/h1-8,10H,9,16H2,(H,18,19). The molecule has 0 amide bonds. The van der Waals surface area contributed by atoms with E-state index in [-0.39, 0.29) is 0 Å². The zero-order valence-corrected chi connectivity index (χ0v) is 10.4. The minimum atomic E-state index is 0.613. The smallest absolute Gasteiger partial charge is 0.114 e. The van der Waals surface area contributed by atoms with Crippen LogP contribution in [-0.4, -0.2) is 9.97 Å². The molecule has 94 valence electrons. The van der Waals surface area contributed by atoms with Crippen LogP contribution in [0.3, 0.4) is 0 Å². The van der Waals surface area contributed by atoms with E-state index in [1.807, 2.05) is 30.3 Å². The van der Waals surface area contributed by atoms with Gasteiger partial charge in [0.25, 0.3) is 0 Å². The molecule has 0 saturated carbocycles. The Morgan fingerprint density at radius 3 is 2.68 bits per heavy atom. The summed E-state index contributed by atoms with van der Waals surface area (Å²) < 4.78 is 0. The van der Waals surface area contributed by atoms with Gasteiger partial charge in [-0.2, -0.15) is 0 Å². The highest BCUT2D eigenvalue weighted by Crippen LogP contribution is 2.26. The van der Waals surface area contributed by atoms with Crippen LogP contribution in [0.15, 0.2) is 54.9 Å². The van der Waals surface area contributed by atoms with Gasteiger partial charge in [0.2, 0.25) is 0 Å². The Hall–Kier alpha value is -2.62. The van der Waals surface area contributed by atoms with Crippen molar-refractivity contribution in [3.63, 3.8) is 0 Å². The quantitative estimate of drug-likeness (QED) is 0.750. The molecule has 0 spiro atoms. The number of anilines is 2. The number of benzene rings is 1. The number of nitrogens with one attached hydrogen (secondary N) is 1. The van der Waals surface area contributed by atoms with Gasteiger partial charge in [-0.25, -0.2) is 0 Å². The third kappa shape index (κ3) is 2.33. The van der Waals surface area contributed by atoms with Crippen LogP contribution in [0.2, 0.25) is 0 Å². The first kappa shape index (κ1) is 11.5. The van der Waals surface area contributed by atoms with Gasteiger partial charge < -0.3 is 11.1 Å². The zero-order valence-electron chi connectivity index (χ0n) is 10.4. The van der Waals surface area contributed by atoms with E-state index >= 15 is 0 Å². The van der Waals surface area contributed by atoms with Crippen molar-refractivity contribution in [3.8, 4) is 0 Å². The molecule has 2 heterocycles. The number of aromatic nitrogens is 2. The summed E-state index contributed by atoms with van der Waals surface area (Å²) in [6.07, 6.45) is 3.41. The minimum Gasteiger partial charge on any atom is -0.396 e. The van der Waals surface area contributed by atoms with Crippen molar-refractivity contribution in [1.29, 1.82) is 0 Å². The van der Waals surface area contributed by atoms with Crippen LogP contribution in [0.4, 0.5) is 11.4 Å². The van der Waals surface area contributed by atoms with E-state index in [9.17, 15) is 0 Å². The van der Waals surface area contributed by atoms with E-state index in [4.69, 9.17) is 5.73 Å². The highest BCUT2D eigenvalue weighted by atomic mass is 14.9. The molecule has 0 aliphatic carbocycles. The molecule has 2 aromatic heterocycles. The summed E-state index contributed by atoms with van der Waals surface area (Å²) >= 11 is 0. The molecule has 3 rings (SSSR count). The third-order valence-electron chi connectivity index (χ3n) is 2.97. The molecule has 0 aliphatic rings. The van der Waals surface area contributed by atoms with E-state index in [1.54, 1.807) is 12.4 Å². The molecule has 0 radical (unpaired) electrons. The first-order valence-corrected chi connectivity index (χ1v) is 6.11. The second-order valence-electron chi connectivity index (χ2n) is 4.30. The molecule has 4 heteroatoms. The van der Waals surface area contributed by atoms with Crippen molar-refractivity contribution in [2.45, 2.75) is 6.54 Å². The van der Waals surface area contributed by atoms with Gasteiger partial charge in [0.05, 0.1) is 23.1 Å². The van der Waals surface area contributed by atoms with E-state index in [0.717, 1.165) is 16.7 Å². The number of hydrogen-bond acceptors (Lipinski definition) is 4. The van der Waals surface area contributed by atoms with Crippen LogP contribution >= 0.6 is 0 Å². The van der Waals surface area contributed by atoms with Gasteiger partial charge in [-0.3, -0.25) is 9.97 Å². The van der Waals surface area contributed by atoms with E-state index in [0.29, 0.717) is 12.2 Å². The number of fused-ring (bicyclic) bond motifs is 1. The van der Waals surface area contributed by atoms with Gasteiger partial charge in [-0.15, -0.1) is 0 Å². The molecule has 0 aliphatic heterocycles. The molecular formula is C15H14N4. The lowest BCUT2D eigenvalue weighted by atomic mass is 10.2. The molecule has 0 unspecified atom stereocenters. The summed E-state index contributed by atoms with van der Waals surface area (Å²) in [6.45, 7) is 0.709. The first-order valence-electron chi connectivity index (χ1n) is 6.11. The van der Waals surface area contributed by atoms with Gasteiger partial charge >= 0.3 is 0 Å². The van der Waals surface area contributed by atoms with Crippen LogP contribution in [0.1, 0.15) is 5.56 Å². The highest BCUT2D eigenvalue weighted by Gasteiger charge is 2.07. The lowest BCUT2D eigenvalue weighted by molar-refractivity contribution is 1.15. The fourth-order valence-electron chi connectivity index (χ4n) is 2.01. The summed E-state index contributed by atoms with van der Waals surface area (Å²) in [6, 6.07) is 14.0. The molecule has 3 N–H and O–H groups in total. The molecule has 19 heavy (non-hydrogen) atoms. The van der Waals surface area contributed by atoms with Crippen LogP contribution in [-0.2, 0) is 6.54 Å². The summed E-state index contributed by atoms with van der Waals surface area (Å²) in [5.74, 6) is 0. The summed E-state index contributed by atoms with van der Waals surface area (Å²) in [4.78, 5) is 8.62.